The Labute approximate surface area is 139 Å². The van der Waals surface area contributed by atoms with Crippen molar-refractivity contribution in [1.29, 1.82) is 0 Å². The lowest BCUT2D eigenvalue weighted by Gasteiger charge is -2.16. The summed E-state index contributed by atoms with van der Waals surface area (Å²) in [7, 11) is 0. The molecule has 126 valence electrons. The maximum absolute atomic E-state index is 12.2. The zero-order valence-electron chi connectivity index (χ0n) is 13.8. The molecule has 1 aromatic carbocycles. The van der Waals surface area contributed by atoms with Crippen LogP contribution in [-0.2, 0) is 4.74 Å². The van der Waals surface area contributed by atoms with Gasteiger partial charge in [-0.05, 0) is 32.0 Å². The van der Waals surface area contributed by atoms with E-state index in [4.69, 9.17) is 4.74 Å². The van der Waals surface area contributed by atoms with Crippen molar-refractivity contribution < 1.29 is 9.53 Å². The highest BCUT2D eigenvalue weighted by atomic mass is 16.6. The second kappa shape index (κ2) is 5.77. The fraction of sp³-hybridized carbons (Fsp3) is 0.500. The molecule has 0 radical (unpaired) electrons. The predicted octanol–water partition coefficient (Wildman–Crippen LogP) is 2.63. The van der Waals surface area contributed by atoms with E-state index in [0.29, 0.717) is 25.7 Å². The summed E-state index contributed by atoms with van der Waals surface area (Å²) in [6.45, 7) is 6.79. The third kappa shape index (κ3) is 2.57. The number of ether oxygens (including phenoxy) is 1. The van der Waals surface area contributed by atoms with Crippen LogP contribution in [0.5, 0.6) is 0 Å². The second-order valence-corrected chi connectivity index (χ2v) is 6.41. The number of aromatic nitrogens is 2. The van der Waals surface area contributed by atoms with Crippen molar-refractivity contribution in [3.05, 3.63) is 24.4 Å². The Morgan fingerprint density at radius 3 is 3.00 bits per heavy atom. The van der Waals surface area contributed by atoms with E-state index in [1.54, 1.807) is 4.90 Å². The van der Waals surface area contributed by atoms with Crippen LogP contribution in [0.3, 0.4) is 0 Å². The minimum absolute atomic E-state index is 0.191. The number of cyclic esters (lactones) is 1. The van der Waals surface area contributed by atoms with Gasteiger partial charge < -0.3 is 4.74 Å². The molecule has 4 rings (SSSR count). The molecule has 0 saturated carbocycles. The van der Waals surface area contributed by atoms with Crippen LogP contribution in [0.4, 0.5) is 10.5 Å². The van der Waals surface area contributed by atoms with Gasteiger partial charge >= 0.3 is 6.09 Å². The van der Waals surface area contributed by atoms with Gasteiger partial charge in [0.05, 0.1) is 37.9 Å². The van der Waals surface area contributed by atoms with Gasteiger partial charge in [-0.25, -0.2) is 4.79 Å². The van der Waals surface area contributed by atoms with E-state index < -0.39 is 0 Å². The normalized spacial score (nSPS) is 20.6. The SMILES string of the molecule is CC(C)n1ncc2cc(N3C[C@H](CN4CCN=N4)OC3=O)ccc21. The highest BCUT2D eigenvalue weighted by Gasteiger charge is 2.34. The first-order chi connectivity index (χ1) is 11.6. The molecule has 2 aromatic rings. The number of fused-ring (bicyclic) bond motifs is 1. The zero-order valence-corrected chi connectivity index (χ0v) is 13.8. The largest absolute Gasteiger partial charge is 0.442 e. The summed E-state index contributed by atoms with van der Waals surface area (Å²) in [5, 5.41) is 15.2. The molecule has 3 heterocycles. The van der Waals surface area contributed by atoms with Gasteiger partial charge in [0.2, 0.25) is 0 Å². The van der Waals surface area contributed by atoms with E-state index in [0.717, 1.165) is 23.1 Å². The third-order valence-corrected chi connectivity index (χ3v) is 4.32. The number of hydrogen-bond acceptors (Lipinski definition) is 6. The summed E-state index contributed by atoms with van der Waals surface area (Å²) >= 11 is 0. The van der Waals surface area contributed by atoms with Crippen molar-refractivity contribution in [3.63, 3.8) is 0 Å². The van der Waals surface area contributed by atoms with Crippen LogP contribution in [0.1, 0.15) is 19.9 Å². The fourth-order valence-electron chi connectivity index (χ4n) is 3.15. The lowest BCUT2D eigenvalue weighted by Crippen LogP contribution is -2.31. The predicted molar refractivity (Wildman–Crippen MR) is 89.0 cm³/mol. The molecule has 2 aliphatic rings. The molecule has 1 fully saturated rings. The van der Waals surface area contributed by atoms with E-state index in [9.17, 15) is 4.79 Å². The molecular weight excluding hydrogens is 308 g/mol. The molecule has 1 saturated heterocycles. The summed E-state index contributed by atoms with van der Waals surface area (Å²) in [5.41, 5.74) is 1.90. The van der Waals surface area contributed by atoms with Gasteiger partial charge in [-0.15, -0.1) is 0 Å². The van der Waals surface area contributed by atoms with Crippen LogP contribution in [0.2, 0.25) is 0 Å². The Hall–Kier alpha value is -2.64. The van der Waals surface area contributed by atoms with Crippen molar-refractivity contribution in [1.82, 2.24) is 14.8 Å². The van der Waals surface area contributed by atoms with Crippen LogP contribution in [0, 0.1) is 0 Å². The molecule has 0 N–H and O–H groups in total. The number of carbonyl (C=O) groups excluding carboxylic acids is 1. The van der Waals surface area contributed by atoms with Gasteiger partial charge in [0.25, 0.3) is 0 Å². The Bertz CT molecular complexity index is 799. The number of carbonyl (C=O) groups is 1. The standard InChI is InChI=1S/C16H20N6O2/c1-11(2)22-15-4-3-13(7-12(15)8-18-22)21-10-14(24-16(21)23)9-20-6-5-17-19-20/h3-4,7-8,11,14H,5-6,9-10H2,1-2H3/t14-/m0/s1. The summed E-state index contributed by atoms with van der Waals surface area (Å²) < 4.78 is 7.44. The van der Waals surface area contributed by atoms with Crippen molar-refractivity contribution in [2.24, 2.45) is 10.3 Å². The first-order valence-corrected chi connectivity index (χ1v) is 8.19. The molecule has 2 aliphatic heterocycles. The van der Waals surface area contributed by atoms with Gasteiger partial charge in [0.1, 0.15) is 6.10 Å². The third-order valence-electron chi connectivity index (χ3n) is 4.32. The summed E-state index contributed by atoms with van der Waals surface area (Å²) in [5.74, 6) is 0. The molecule has 1 atom stereocenters. The second-order valence-electron chi connectivity index (χ2n) is 6.41. The Kier molecular flexibility index (Phi) is 3.59. The monoisotopic (exact) mass is 328 g/mol. The molecule has 0 aliphatic carbocycles. The maximum atomic E-state index is 12.2. The lowest BCUT2D eigenvalue weighted by atomic mass is 10.2. The maximum Gasteiger partial charge on any atom is 0.414 e. The Balaban J connectivity index is 1.53. The lowest BCUT2D eigenvalue weighted by molar-refractivity contribution is 0.114. The van der Waals surface area contributed by atoms with Crippen LogP contribution in [0.25, 0.3) is 10.9 Å². The number of rotatable bonds is 4. The number of benzene rings is 1. The van der Waals surface area contributed by atoms with Crippen LogP contribution >= 0.6 is 0 Å². The van der Waals surface area contributed by atoms with E-state index >= 15 is 0 Å². The van der Waals surface area contributed by atoms with Crippen molar-refractivity contribution >= 4 is 22.7 Å². The van der Waals surface area contributed by atoms with Crippen molar-refractivity contribution in [3.8, 4) is 0 Å². The van der Waals surface area contributed by atoms with E-state index in [1.165, 1.54) is 0 Å². The summed E-state index contributed by atoms with van der Waals surface area (Å²) in [6, 6.07) is 6.24. The minimum atomic E-state index is -0.313. The molecule has 0 bridgehead atoms. The van der Waals surface area contributed by atoms with Gasteiger partial charge in [-0.2, -0.15) is 10.2 Å². The molecule has 24 heavy (non-hydrogen) atoms. The van der Waals surface area contributed by atoms with Crippen LogP contribution in [0.15, 0.2) is 34.7 Å². The highest BCUT2D eigenvalue weighted by molar-refractivity contribution is 5.93. The molecule has 8 heteroatoms. The highest BCUT2D eigenvalue weighted by Crippen LogP contribution is 2.27. The van der Waals surface area contributed by atoms with Crippen molar-refractivity contribution in [2.45, 2.75) is 26.0 Å². The fourth-order valence-corrected chi connectivity index (χ4v) is 3.15. The Morgan fingerprint density at radius 1 is 1.38 bits per heavy atom. The topological polar surface area (TPSA) is 75.3 Å². The quantitative estimate of drug-likeness (QED) is 0.864. The molecule has 8 nitrogen and oxygen atoms in total. The summed E-state index contributed by atoms with van der Waals surface area (Å²) in [6.07, 6.45) is 1.33. The molecule has 0 unspecified atom stereocenters. The van der Waals surface area contributed by atoms with Crippen molar-refractivity contribution in [2.75, 3.05) is 31.1 Å². The first-order valence-electron chi connectivity index (χ1n) is 8.19. The van der Waals surface area contributed by atoms with E-state index in [-0.39, 0.29) is 12.2 Å². The van der Waals surface area contributed by atoms with Gasteiger partial charge in [0.15, 0.2) is 0 Å². The summed E-state index contributed by atoms with van der Waals surface area (Å²) in [4.78, 5) is 13.9. The average Bonchev–Trinajstić information content (AvgIpc) is 3.26. The number of amides is 1. The molecule has 1 amide bonds. The minimum Gasteiger partial charge on any atom is -0.442 e. The molecule has 0 spiro atoms. The average molecular weight is 328 g/mol. The smallest absolute Gasteiger partial charge is 0.414 e. The first kappa shape index (κ1) is 14.9. The van der Waals surface area contributed by atoms with Gasteiger partial charge in [0, 0.05) is 17.1 Å². The number of hydrogen-bond donors (Lipinski definition) is 0. The van der Waals surface area contributed by atoms with Crippen LogP contribution < -0.4 is 4.90 Å². The number of anilines is 1. The van der Waals surface area contributed by atoms with E-state index in [1.807, 2.05) is 34.1 Å². The zero-order chi connectivity index (χ0) is 16.7. The molecular formula is C16H20N6O2. The Morgan fingerprint density at radius 2 is 2.25 bits per heavy atom. The van der Waals surface area contributed by atoms with Gasteiger partial charge in [-0.1, -0.05) is 5.22 Å². The van der Waals surface area contributed by atoms with E-state index in [2.05, 4.69) is 29.3 Å². The molecule has 1 aromatic heterocycles. The number of nitrogens with zero attached hydrogens (tertiary/aromatic N) is 6. The van der Waals surface area contributed by atoms with Crippen LogP contribution in [-0.4, -0.2) is 53.2 Å². The van der Waals surface area contributed by atoms with Gasteiger partial charge in [-0.3, -0.25) is 14.6 Å².